The number of benzene rings is 1. The molecule has 2 rings (SSSR count). The van der Waals surface area contributed by atoms with Crippen LogP contribution in [0.15, 0.2) is 24.3 Å². The van der Waals surface area contributed by atoms with Crippen molar-refractivity contribution in [3.63, 3.8) is 0 Å². The Hall–Kier alpha value is -1.46. The number of likely N-dealkylation sites (tertiary alicyclic amines) is 1. The van der Waals surface area contributed by atoms with Crippen molar-refractivity contribution < 1.29 is 4.79 Å². The summed E-state index contributed by atoms with van der Waals surface area (Å²) in [5.41, 5.74) is 7.12. The molecule has 3 N–H and O–H groups in total. The minimum Gasteiger partial charge on any atom is -0.389 e. The molecule has 4 nitrogen and oxygen atoms in total. The summed E-state index contributed by atoms with van der Waals surface area (Å²) >= 11 is 4.95. The minimum absolute atomic E-state index is 0.0174. The summed E-state index contributed by atoms with van der Waals surface area (Å²) < 4.78 is 0. The van der Waals surface area contributed by atoms with Gasteiger partial charge in [0.2, 0.25) is 5.91 Å². The lowest BCUT2D eigenvalue weighted by Gasteiger charge is -2.26. The fourth-order valence-corrected chi connectivity index (χ4v) is 2.83. The maximum absolute atomic E-state index is 12.2. The van der Waals surface area contributed by atoms with E-state index in [1.54, 1.807) is 0 Å². The first-order chi connectivity index (χ1) is 10.1. The Morgan fingerprint density at radius 1 is 1.43 bits per heavy atom. The summed E-state index contributed by atoms with van der Waals surface area (Å²) in [6, 6.07) is 7.83. The highest BCUT2D eigenvalue weighted by molar-refractivity contribution is 7.80. The fourth-order valence-electron chi connectivity index (χ4n) is 2.70. The van der Waals surface area contributed by atoms with Crippen LogP contribution in [0.1, 0.15) is 38.2 Å². The Kier molecular flexibility index (Phi) is 5.70. The molecule has 1 fully saturated rings. The molecule has 5 heteroatoms. The molecule has 1 atom stereocenters. The van der Waals surface area contributed by atoms with Gasteiger partial charge in [0.1, 0.15) is 4.99 Å². The molecule has 1 amide bonds. The molecule has 0 spiro atoms. The highest BCUT2D eigenvalue weighted by atomic mass is 32.1. The zero-order valence-electron chi connectivity index (χ0n) is 12.5. The molecule has 1 aromatic carbocycles. The summed E-state index contributed by atoms with van der Waals surface area (Å²) in [5, 5.41) is 2.93. The maximum Gasteiger partial charge on any atom is 0.238 e. The Balaban J connectivity index is 1.94. The molecule has 1 aromatic rings. The zero-order chi connectivity index (χ0) is 15.2. The number of rotatable bonds is 4. The second kappa shape index (κ2) is 7.52. The second-order valence-corrected chi connectivity index (χ2v) is 6.10. The lowest BCUT2D eigenvalue weighted by atomic mass is 10.1. The Morgan fingerprint density at radius 2 is 2.24 bits per heavy atom. The maximum atomic E-state index is 12.2. The van der Waals surface area contributed by atoms with Crippen LogP contribution < -0.4 is 11.1 Å². The van der Waals surface area contributed by atoms with E-state index in [0.29, 0.717) is 17.6 Å². The van der Waals surface area contributed by atoms with E-state index in [2.05, 4.69) is 17.1 Å². The van der Waals surface area contributed by atoms with Crippen molar-refractivity contribution in [2.75, 3.05) is 18.4 Å². The van der Waals surface area contributed by atoms with Gasteiger partial charge < -0.3 is 11.1 Å². The average molecular weight is 305 g/mol. The third-order valence-corrected chi connectivity index (χ3v) is 4.20. The number of nitrogens with two attached hydrogens (primary N) is 1. The van der Waals surface area contributed by atoms with Gasteiger partial charge in [0.25, 0.3) is 0 Å². The van der Waals surface area contributed by atoms with E-state index in [-0.39, 0.29) is 5.91 Å². The molecular weight excluding hydrogens is 282 g/mol. The minimum atomic E-state index is 0.0174. The van der Waals surface area contributed by atoms with E-state index in [0.717, 1.165) is 17.8 Å². The molecule has 0 aliphatic carbocycles. The number of hydrogen-bond acceptors (Lipinski definition) is 3. The van der Waals surface area contributed by atoms with Crippen LogP contribution in [0.4, 0.5) is 5.69 Å². The average Bonchev–Trinajstić information content (AvgIpc) is 2.64. The third-order valence-electron chi connectivity index (χ3n) is 3.97. The molecule has 1 saturated heterocycles. The van der Waals surface area contributed by atoms with Gasteiger partial charge in [0, 0.05) is 17.3 Å². The summed E-state index contributed by atoms with van der Waals surface area (Å²) in [6.07, 6.45) is 4.87. The van der Waals surface area contributed by atoms with Crippen molar-refractivity contribution in [1.82, 2.24) is 4.90 Å². The van der Waals surface area contributed by atoms with Crippen LogP contribution in [0.25, 0.3) is 0 Å². The highest BCUT2D eigenvalue weighted by Gasteiger charge is 2.19. The van der Waals surface area contributed by atoms with Crippen LogP contribution in [0.3, 0.4) is 0 Å². The van der Waals surface area contributed by atoms with Gasteiger partial charge in [-0.3, -0.25) is 9.69 Å². The first-order valence-electron chi connectivity index (χ1n) is 7.50. The van der Waals surface area contributed by atoms with Gasteiger partial charge in [-0.05, 0) is 38.4 Å². The predicted octanol–water partition coefficient (Wildman–Crippen LogP) is 2.52. The molecule has 0 bridgehead atoms. The number of carbonyl (C=O) groups excluding carboxylic acids is 1. The molecule has 0 saturated carbocycles. The van der Waals surface area contributed by atoms with E-state index in [9.17, 15) is 4.79 Å². The lowest BCUT2D eigenvalue weighted by Crippen LogP contribution is -2.39. The first-order valence-corrected chi connectivity index (χ1v) is 7.91. The summed E-state index contributed by atoms with van der Waals surface area (Å²) in [4.78, 5) is 14.8. The van der Waals surface area contributed by atoms with Gasteiger partial charge in [0.05, 0.1) is 6.54 Å². The fraction of sp³-hybridized carbons (Fsp3) is 0.500. The van der Waals surface area contributed by atoms with E-state index in [1.165, 1.54) is 25.7 Å². The first kappa shape index (κ1) is 15.9. The number of carbonyl (C=O) groups is 1. The molecular formula is C16H23N3OS. The monoisotopic (exact) mass is 305 g/mol. The Labute approximate surface area is 131 Å². The molecule has 1 aliphatic heterocycles. The Morgan fingerprint density at radius 3 is 3.00 bits per heavy atom. The van der Waals surface area contributed by atoms with Crippen LogP contribution in [-0.2, 0) is 4.79 Å². The second-order valence-electron chi connectivity index (χ2n) is 5.66. The van der Waals surface area contributed by atoms with Gasteiger partial charge in [-0.15, -0.1) is 0 Å². The molecule has 114 valence electrons. The quantitative estimate of drug-likeness (QED) is 0.839. The van der Waals surface area contributed by atoms with Gasteiger partial charge >= 0.3 is 0 Å². The van der Waals surface area contributed by atoms with E-state index >= 15 is 0 Å². The largest absolute Gasteiger partial charge is 0.389 e. The zero-order valence-corrected chi connectivity index (χ0v) is 13.3. The molecule has 0 aromatic heterocycles. The number of nitrogens with zero attached hydrogens (tertiary/aromatic N) is 1. The number of anilines is 1. The van der Waals surface area contributed by atoms with E-state index < -0.39 is 0 Å². The van der Waals surface area contributed by atoms with Crippen molar-refractivity contribution in [2.45, 2.75) is 38.6 Å². The summed E-state index contributed by atoms with van der Waals surface area (Å²) in [6.45, 7) is 3.64. The van der Waals surface area contributed by atoms with Crippen molar-refractivity contribution in [3.8, 4) is 0 Å². The van der Waals surface area contributed by atoms with Crippen LogP contribution in [0, 0.1) is 0 Å². The van der Waals surface area contributed by atoms with E-state index in [1.807, 2.05) is 24.3 Å². The van der Waals surface area contributed by atoms with Gasteiger partial charge in [-0.2, -0.15) is 0 Å². The summed E-state index contributed by atoms with van der Waals surface area (Å²) in [7, 11) is 0. The normalized spacial score (nSPS) is 19.8. The predicted molar refractivity (Wildman–Crippen MR) is 90.5 cm³/mol. The highest BCUT2D eigenvalue weighted by Crippen LogP contribution is 2.16. The molecule has 0 radical (unpaired) electrons. The van der Waals surface area contributed by atoms with Crippen molar-refractivity contribution >= 4 is 28.8 Å². The Bertz CT molecular complexity index is 518. The molecule has 1 unspecified atom stereocenters. The molecule has 21 heavy (non-hydrogen) atoms. The van der Waals surface area contributed by atoms with Gasteiger partial charge in [-0.1, -0.05) is 37.2 Å². The third kappa shape index (κ3) is 4.79. The van der Waals surface area contributed by atoms with Crippen molar-refractivity contribution in [2.24, 2.45) is 5.73 Å². The summed E-state index contributed by atoms with van der Waals surface area (Å²) in [5.74, 6) is 0.0174. The molecule has 1 aliphatic rings. The van der Waals surface area contributed by atoms with Gasteiger partial charge in [-0.25, -0.2) is 0 Å². The standard InChI is InChI=1S/C16H23N3OS/c1-12-6-3-2-4-9-19(12)11-15(20)18-14-8-5-7-13(10-14)16(17)21/h5,7-8,10,12H,2-4,6,9,11H2,1H3,(H2,17,21)(H,18,20). The smallest absolute Gasteiger partial charge is 0.238 e. The number of hydrogen-bond donors (Lipinski definition) is 2. The van der Waals surface area contributed by atoms with Gasteiger partial charge in [0.15, 0.2) is 0 Å². The van der Waals surface area contributed by atoms with Crippen LogP contribution in [0.2, 0.25) is 0 Å². The van der Waals surface area contributed by atoms with E-state index in [4.69, 9.17) is 18.0 Å². The van der Waals surface area contributed by atoms with Crippen molar-refractivity contribution in [3.05, 3.63) is 29.8 Å². The lowest BCUT2D eigenvalue weighted by molar-refractivity contribution is -0.117. The van der Waals surface area contributed by atoms with Crippen LogP contribution in [-0.4, -0.2) is 34.9 Å². The van der Waals surface area contributed by atoms with Crippen LogP contribution >= 0.6 is 12.2 Å². The van der Waals surface area contributed by atoms with Crippen molar-refractivity contribution in [1.29, 1.82) is 0 Å². The number of nitrogens with one attached hydrogen (secondary N) is 1. The molecule has 1 heterocycles. The SMILES string of the molecule is CC1CCCCCN1CC(=O)Nc1cccc(C(N)=S)c1. The van der Waals surface area contributed by atoms with Crippen LogP contribution in [0.5, 0.6) is 0 Å². The number of thiocarbonyl (C=S) groups is 1. The number of amides is 1. The topological polar surface area (TPSA) is 58.4 Å².